The lowest BCUT2D eigenvalue weighted by Gasteiger charge is -2.31. The molecule has 0 aliphatic carbocycles. The van der Waals surface area contributed by atoms with E-state index in [0.717, 1.165) is 48.6 Å². The Balaban J connectivity index is 0.00000137. The van der Waals surface area contributed by atoms with E-state index in [1.807, 2.05) is 6.26 Å². The number of carboxylic acid groups (broad SMARTS) is 1. The molecule has 2 aromatic carbocycles. The van der Waals surface area contributed by atoms with Gasteiger partial charge < -0.3 is 24.0 Å². The highest BCUT2D eigenvalue weighted by Gasteiger charge is 2.28. The number of aryl methyl sites for hydroxylation is 1. The zero-order chi connectivity index (χ0) is 26.2. The highest BCUT2D eigenvalue weighted by Crippen LogP contribution is 2.47. The van der Waals surface area contributed by atoms with Gasteiger partial charge in [-0.3, -0.25) is 4.79 Å². The van der Waals surface area contributed by atoms with Gasteiger partial charge >= 0.3 is 0 Å². The molecule has 1 unspecified atom stereocenters. The van der Waals surface area contributed by atoms with Gasteiger partial charge in [0.1, 0.15) is 11.5 Å². The minimum atomic E-state index is -0.250. The number of hydrogen-bond acceptors (Lipinski definition) is 6. The highest BCUT2D eigenvalue weighted by atomic mass is 32.2. The van der Waals surface area contributed by atoms with Gasteiger partial charge in [0.05, 0.1) is 30.6 Å². The van der Waals surface area contributed by atoms with Crippen LogP contribution in [0.2, 0.25) is 0 Å². The minimum absolute atomic E-state index is 0.0707. The van der Waals surface area contributed by atoms with Gasteiger partial charge in [0, 0.05) is 11.8 Å². The first-order valence-electron chi connectivity index (χ1n) is 12.2. The Bertz CT molecular complexity index is 1000. The van der Waals surface area contributed by atoms with Crippen molar-refractivity contribution in [1.29, 1.82) is 0 Å². The fourth-order valence-electron chi connectivity index (χ4n) is 4.59. The second kappa shape index (κ2) is 13.1. The fraction of sp³-hybridized carbons (Fsp3) is 0.536. The largest absolute Gasteiger partial charge is 0.493 e. The van der Waals surface area contributed by atoms with Gasteiger partial charge in [-0.05, 0) is 101 Å². The quantitative estimate of drug-likeness (QED) is 0.288. The van der Waals surface area contributed by atoms with Crippen molar-refractivity contribution in [2.45, 2.75) is 79.4 Å². The molecular weight excluding hydrogens is 462 g/mol. The Morgan fingerprint density at radius 2 is 1.94 bits per heavy atom. The van der Waals surface area contributed by atoms with Gasteiger partial charge in [-0.15, -0.1) is 0 Å². The average molecular weight is 504 g/mol. The van der Waals surface area contributed by atoms with Gasteiger partial charge in [0.2, 0.25) is 0 Å². The summed E-state index contributed by atoms with van der Waals surface area (Å²) in [5, 5.41) is 6.89. The van der Waals surface area contributed by atoms with Gasteiger partial charge in [-0.2, -0.15) is 0 Å². The summed E-state index contributed by atoms with van der Waals surface area (Å²) in [5.74, 6) is 1.95. The number of rotatable bonds is 8. The summed E-state index contributed by atoms with van der Waals surface area (Å²) in [7, 11) is 0. The molecule has 0 saturated carbocycles. The van der Waals surface area contributed by atoms with E-state index in [2.05, 4.69) is 71.4 Å². The van der Waals surface area contributed by atoms with Crippen LogP contribution in [0.5, 0.6) is 11.5 Å². The summed E-state index contributed by atoms with van der Waals surface area (Å²) < 4.78 is 22.2. The molecule has 1 aliphatic heterocycles. The van der Waals surface area contributed by atoms with Crippen molar-refractivity contribution in [2.75, 3.05) is 24.2 Å². The highest BCUT2D eigenvalue weighted by molar-refractivity contribution is 7.99. The fourth-order valence-corrected chi connectivity index (χ4v) is 5.04. The van der Waals surface area contributed by atoms with E-state index < -0.39 is 0 Å². The summed E-state index contributed by atoms with van der Waals surface area (Å²) in [6.07, 6.45) is 5.05. The van der Waals surface area contributed by atoms with Crippen molar-refractivity contribution in [1.82, 2.24) is 0 Å². The number of benzene rings is 2. The van der Waals surface area contributed by atoms with Crippen molar-refractivity contribution >= 4 is 24.1 Å². The van der Waals surface area contributed by atoms with Crippen LogP contribution in [0.15, 0.2) is 18.2 Å². The van der Waals surface area contributed by atoms with Crippen molar-refractivity contribution in [3.63, 3.8) is 0 Å². The first-order valence-corrected chi connectivity index (χ1v) is 13.4. The van der Waals surface area contributed by atoms with Crippen LogP contribution in [0.25, 0.3) is 11.1 Å². The van der Waals surface area contributed by atoms with Crippen molar-refractivity contribution in [2.24, 2.45) is 0 Å². The lowest BCUT2D eigenvalue weighted by molar-refractivity contribution is -0.122. The molecule has 1 aliphatic rings. The number of carbonyl (C=O) groups is 1. The van der Waals surface area contributed by atoms with E-state index >= 15 is 0 Å². The van der Waals surface area contributed by atoms with Crippen LogP contribution >= 0.6 is 11.9 Å². The minimum Gasteiger partial charge on any atom is -0.493 e. The molecule has 2 aromatic rings. The van der Waals surface area contributed by atoms with Crippen LogP contribution in [0.1, 0.15) is 75.8 Å². The number of nitrogens with one attached hydrogen (secondary N) is 1. The first kappa shape index (κ1) is 28.9. The molecule has 0 spiro atoms. The predicted molar refractivity (Wildman–Crippen MR) is 146 cm³/mol. The van der Waals surface area contributed by atoms with Gasteiger partial charge in [-0.25, -0.2) is 0 Å². The van der Waals surface area contributed by atoms with Crippen molar-refractivity contribution in [3.05, 3.63) is 40.5 Å². The van der Waals surface area contributed by atoms with Crippen LogP contribution in [0.3, 0.4) is 0 Å². The molecule has 0 amide bonds. The Morgan fingerprint density at radius 3 is 2.54 bits per heavy atom. The smallest absolute Gasteiger partial charge is 0.290 e. The van der Waals surface area contributed by atoms with E-state index in [1.165, 1.54) is 27.8 Å². The maximum Gasteiger partial charge on any atom is 0.290 e. The summed E-state index contributed by atoms with van der Waals surface area (Å²) in [6, 6.07) is 6.61. The third kappa shape index (κ3) is 7.31. The van der Waals surface area contributed by atoms with Gasteiger partial charge in [-0.1, -0.05) is 24.9 Å². The average Bonchev–Trinajstić information content (AvgIpc) is 2.79. The number of fused-ring (bicyclic) bond motifs is 1. The molecule has 35 heavy (non-hydrogen) atoms. The van der Waals surface area contributed by atoms with Gasteiger partial charge in [0.15, 0.2) is 0 Å². The molecule has 2 N–H and O–H groups in total. The molecule has 0 bridgehead atoms. The second-order valence-electron chi connectivity index (χ2n) is 9.65. The van der Waals surface area contributed by atoms with E-state index in [9.17, 15) is 0 Å². The third-order valence-corrected chi connectivity index (χ3v) is 6.19. The standard InChI is InChI=1S/C27H39NO3S.CH2O2/c1-9-14-30-26-18(3)24(21-12-13-22-20(16-21)11-10-15-29-22)23(17(2)25(26)28-32-8)19(4)31-27(5,6)7;2-1-3/h12-13,16,19,28H,9-11,14-15H2,1-8H3;1H,(H,2,3). The molecule has 7 heteroatoms. The molecule has 3 rings (SSSR count). The Labute approximate surface area is 214 Å². The van der Waals surface area contributed by atoms with Crippen molar-refractivity contribution in [3.8, 4) is 22.6 Å². The van der Waals surface area contributed by atoms with Crippen LogP contribution in [-0.4, -0.2) is 36.6 Å². The van der Waals surface area contributed by atoms with Crippen LogP contribution in [-0.2, 0) is 16.0 Å². The maximum atomic E-state index is 8.36. The van der Waals surface area contributed by atoms with E-state index in [0.29, 0.717) is 6.61 Å². The lowest BCUT2D eigenvalue weighted by atomic mass is 9.86. The molecule has 0 radical (unpaired) electrons. The molecule has 194 valence electrons. The maximum absolute atomic E-state index is 8.36. The Morgan fingerprint density at radius 1 is 1.26 bits per heavy atom. The SMILES string of the molecule is CCCOc1c(C)c(-c2ccc3c(c2)CCCO3)c(C(C)OC(C)(C)C)c(C)c1NSC.O=CO. The molecular formula is C28H41NO5S. The zero-order valence-corrected chi connectivity index (χ0v) is 23.2. The second-order valence-corrected chi connectivity index (χ2v) is 10.3. The molecule has 0 saturated heterocycles. The summed E-state index contributed by atoms with van der Waals surface area (Å²) in [6.45, 7) is 16.2. The third-order valence-electron chi connectivity index (χ3n) is 5.78. The van der Waals surface area contributed by atoms with Crippen LogP contribution in [0, 0.1) is 13.8 Å². The van der Waals surface area contributed by atoms with E-state index in [4.69, 9.17) is 24.1 Å². The Hall–Kier alpha value is -2.38. The van der Waals surface area contributed by atoms with Crippen LogP contribution in [0.4, 0.5) is 5.69 Å². The van der Waals surface area contributed by atoms with Crippen molar-refractivity contribution < 1.29 is 24.1 Å². The normalized spacial score (nSPS) is 13.6. The monoisotopic (exact) mass is 503 g/mol. The summed E-state index contributed by atoms with van der Waals surface area (Å²) in [4.78, 5) is 8.36. The van der Waals surface area contributed by atoms with E-state index in [-0.39, 0.29) is 18.2 Å². The lowest BCUT2D eigenvalue weighted by Crippen LogP contribution is -2.22. The van der Waals surface area contributed by atoms with E-state index in [1.54, 1.807) is 11.9 Å². The number of hydrogen-bond donors (Lipinski definition) is 2. The zero-order valence-electron chi connectivity index (χ0n) is 22.4. The van der Waals surface area contributed by atoms with Gasteiger partial charge in [0.25, 0.3) is 6.47 Å². The summed E-state index contributed by atoms with van der Waals surface area (Å²) in [5.41, 5.74) is 8.04. The number of ether oxygens (including phenoxy) is 3. The first-order chi connectivity index (χ1) is 16.6. The molecule has 0 fully saturated rings. The number of anilines is 1. The molecule has 6 nitrogen and oxygen atoms in total. The topological polar surface area (TPSA) is 77.0 Å². The molecule has 1 heterocycles. The van der Waals surface area contributed by atoms with Crippen LogP contribution < -0.4 is 14.2 Å². The predicted octanol–water partition coefficient (Wildman–Crippen LogP) is 7.35. The summed E-state index contributed by atoms with van der Waals surface area (Å²) >= 11 is 1.59. The molecule has 0 aromatic heterocycles. The molecule has 1 atom stereocenters. The Kier molecular flexibility index (Phi) is 10.8.